The summed E-state index contributed by atoms with van der Waals surface area (Å²) in [5, 5.41) is 3.00. The molecule has 1 N–H and O–H groups in total. The van der Waals surface area contributed by atoms with Gasteiger partial charge >= 0.3 is 6.18 Å². The lowest BCUT2D eigenvalue weighted by Gasteiger charge is -2.39. The average Bonchev–Trinajstić information content (AvgIpc) is 3.68. The number of likely N-dealkylation sites (N-methyl/N-ethyl adjacent to an activating group) is 1. The van der Waals surface area contributed by atoms with Crippen LogP contribution in [0.5, 0.6) is 0 Å². The summed E-state index contributed by atoms with van der Waals surface area (Å²) in [4.78, 5) is 14.4. The Labute approximate surface area is 208 Å². The molecule has 0 spiro atoms. The quantitative estimate of drug-likeness (QED) is 0.530. The third-order valence-electron chi connectivity index (χ3n) is 6.78. The number of rotatable bonds is 8. The number of hydrogen-bond donors (Lipinski definition) is 1. The van der Waals surface area contributed by atoms with E-state index in [4.69, 9.17) is 0 Å². The first kappa shape index (κ1) is 26.6. The van der Waals surface area contributed by atoms with E-state index >= 15 is 0 Å². The highest BCUT2D eigenvalue weighted by molar-refractivity contribution is 7.89. The minimum absolute atomic E-state index is 0.126. The molecule has 0 radical (unpaired) electrons. The van der Waals surface area contributed by atoms with E-state index in [1.54, 1.807) is 24.1 Å². The number of halogens is 4. The molecule has 6 nitrogen and oxygen atoms in total. The smallest absolute Gasteiger partial charge is 0.341 e. The number of hydrogen-bond acceptors (Lipinski definition) is 4. The molecule has 4 rings (SSSR count). The third kappa shape index (κ3) is 5.90. The number of nitrogens with one attached hydrogen (secondary N) is 1. The van der Waals surface area contributed by atoms with Gasteiger partial charge in [-0.05, 0) is 75.0 Å². The topological polar surface area (TPSA) is 69.7 Å². The van der Waals surface area contributed by atoms with Crippen molar-refractivity contribution in [2.45, 2.75) is 61.3 Å². The number of sulfonamides is 1. The van der Waals surface area contributed by atoms with Crippen molar-refractivity contribution < 1.29 is 30.8 Å². The third-order valence-corrected chi connectivity index (χ3v) is 8.78. The Balaban J connectivity index is 1.45. The van der Waals surface area contributed by atoms with Crippen LogP contribution in [-0.4, -0.2) is 61.8 Å². The normalized spacial score (nSPS) is 18.4. The fraction of sp³-hybridized carbons (Fsp3) is 0.480. The summed E-state index contributed by atoms with van der Waals surface area (Å²) in [6, 6.07) is 8.66. The van der Waals surface area contributed by atoms with Gasteiger partial charge in [0.25, 0.3) is 0 Å². The predicted molar refractivity (Wildman–Crippen MR) is 126 cm³/mol. The minimum atomic E-state index is -4.64. The fourth-order valence-corrected chi connectivity index (χ4v) is 6.68. The van der Waals surface area contributed by atoms with Crippen LogP contribution in [0.25, 0.3) is 0 Å². The van der Waals surface area contributed by atoms with Gasteiger partial charge in [0.1, 0.15) is 5.82 Å². The lowest BCUT2D eigenvalue weighted by Crippen LogP contribution is -2.53. The molecule has 1 unspecified atom stereocenters. The molecule has 2 aliphatic rings. The van der Waals surface area contributed by atoms with Gasteiger partial charge in [-0.15, -0.1) is 0 Å². The molecule has 1 atom stereocenters. The number of amides is 1. The van der Waals surface area contributed by atoms with E-state index in [9.17, 15) is 30.8 Å². The second kappa shape index (κ2) is 10.5. The Hall–Kier alpha value is -2.50. The Morgan fingerprint density at radius 3 is 2.22 bits per heavy atom. The highest BCUT2D eigenvalue weighted by Gasteiger charge is 2.44. The summed E-state index contributed by atoms with van der Waals surface area (Å²) in [5.41, 5.74) is -0.190. The lowest BCUT2D eigenvalue weighted by atomic mass is 10.0. The van der Waals surface area contributed by atoms with Crippen LogP contribution in [0.1, 0.15) is 36.8 Å². The lowest BCUT2D eigenvalue weighted by molar-refractivity contribution is -0.137. The van der Waals surface area contributed by atoms with E-state index in [1.807, 2.05) is 0 Å². The molecular formula is C25H29F4N3O3S. The highest BCUT2D eigenvalue weighted by Crippen LogP contribution is 2.38. The summed E-state index contributed by atoms with van der Waals surface area (Å²) in [6.45, 7) is 0.679. The predicted octanol–water partition coefficient (Wildman–Crippen LogP) is 3.82. The maximum atomic E-state index is 13.4. The van der Waals surface area contributed by atoms with Gasteiger partial charge in [-0.3, -0.25) is 4.79 Å². The Morgan fingerprint density at radius 1 is 1.06 bits per heavy atom. The largest absolute Gasteiger partial charge is 0.416 e. The van der Waals surface area contributed by atoms with E-state index in [1.165, 1.54) is 22.5 Å². The van der Waals surface area contributed by atoms with Gasteiger partial charge in [-0.2, -0.15) is 17.5 Å². The van der Waals surface area contributed by atoms with Crippen LogP contribution in [0.3, 0.4) is 0 Å². The standard InChI is InChI=1S/C25H29F4N3O3S/c1-30-23(15-17-5-7-19(26)8-6-17)24(33)31-13-11-21(12-14-31)32(20-9-10-20)36(34,35)22-4-2-3-18(16-22)25(27,28)29/h2-8,16,20-21,23,30H,9-15H2,1H3. The fourth-order valence-electron chi connectivity index (χ4n) is 4.70. The zero-order chi connectivity index (χ0) is 26.1. The molecule has 1 saturated heterocycles. The van der Waals surface area contributed by atoms with Crippen molar-refractivity contribution in [3.63, 3.8) is 0 Å². The van der Waals surface area contributed by atoms with Crippen LogP contribution < -0.4 is 5.32 Å². The summed E-state index contributed by atoms with van der Waals surface area (Å²) in [5.74, 6) is -0.479. The number of carbonyl (C=O) groups excluding carboxylic acids is 1. The van der Waals surface area contributed by atoms with Gasteiger partial charge in [0.2, 0.25) is 15.9 Å². The SMILES string of the molecule is CNC(Cc1ccc(F)cc1)C(=O)N1CCC(N(C2CC2)S(=O)(=O)c2cccc(C(F)(F)F)c2)CC1. The number of nitrogens with zero attached hydrogens (tertiary/aromatic N) is 2. The molecule has 2 aromatic carbocycles. The van der Waals surface area contributed by atoms with Gasteiger partial charge in [0, 0.05) is 25.2 Å². The van der Waals surface area contributed by atoms with Crippen molar-refractivity contribution in [3.05, 3.63) is 65.5 Å². The number of carbonyl (C=O) groups is 1. The number of likely N-dealkylation sites (tertiary alicyclic amines) is 1. The molecule has 1 aliphatic carbocycles. The number of piperidine rings is 1. The molecular weight excluding hydrogens is 498 g/mol. The molecule has 196 valence electrons. The molecule has 11 heteroatoms. The summed E-state index contributed by atoms with van der Waals surface area (Å²) in [7, 11) is -2.46. The van der Waals surface area contributed by atoms with E-state index in [2.05, 4.69) is 5.32 Å². The molecule has 2 fully saturated rings. The molecule has 1 heterocycles. The van der Waals surface area contributed by atoms with Crippen molar-refractivity contribution in [2.24, 2.45) is 0 Å². The summed E-state index contributed by atoms with van der Waals surface area (Å²) >= 11 is 0. The maximum absolute atomic E-state index is 13.4. The van der Waals surface area contributed by atoms with Crippen LogP contribution in [0.4, 0.5) is 17.6 Å². The van der Waals surface area contributed by atoms with Crippen LogP contribution in [0, 0.1) is 5.82 Å². The van der Waals surface area contributed by atoms with Gasteiger partial charge in [0.15, 0.2) is 0 Å². The summed E-state index contributed by atoms with van der Waals surface area (Å²) < 4.78 is 81.0. The van der Waals surface area contributed by atoms with E-state index < -0.39 is 33.8 Å². The maximum Gasteiger partial charge on any atom is 0.416 e. The Kier molecular flexibility index (Phi) is 7.72. The molecule has 0 bridgehead atoms. The number of benzene rings is 2. The zero-order valence-corrected chi connectivity index (χ0v) is 20.7. The van der Waals surface area contributed by atoms with Gasteiger partial charge < -0.3 is 10.2 Å². The first-order valence-corrected chi connectivity index (χ1v) is 13.4. The van der Waals surface area contributed by atoms with Gasteiger partial charge in [-0.1, -0.05) is 18.2 Å². The second-order valence-corrected chi connectivity index (χ2v) is 11.2. The van der Waals surface area contributed by atoms with Crippen molar-refractivity contribution >= 4 is 15.9 Å². The van der Waals surface area contributed by atoms with E-state index in [0.717, 1.165) is 17.7 Å². The first-order chi connectivity index (χ1) is 17.0. The van der Waals surface area contributed by atoms with Crippen LogP contribution >= 0.6 is 0 Å². The summed E-state index contributed by atoms with van der Waals surface area (Å²) in [6.07, 6.45) is -2.14. The molecule has 1 saturated carbocycles. The zero-order valence-electron chi connectivity index (χ0n) is 19.8. The van der Waals surface area contributed by atoms with Crippen molar-refractivity contribution in [3.8, 4) is 0 Å². The van der Waals surface area contributed by atoms with Crippen LogP contribution in [0.15, 0.2) is 53.4 Å². The molecule has 36 heavy (non-hydrogen) atoms. The monoisotopic (exact) mass is 527 g/mol. The first-order valence-electron chi connectivity index (χ1n) is 11.9. The van der Waals surface area contributed by atoms with Gasteiger partial charge in [0.05, 0.1) is 16.5 Å². The molecule has 2 aromatic rings. The highest BCUT2D eigenvalue weighted by atomic mass is 32.2. The molecule has 1 aliphatic heterocycles. The average molecular weight is 528 g/mol. The number of alkyl halides is 3. The van der Waals surface area contributed by atoms with E-state index in [0.29, 0.717) is 51.3 Å². The Bertz CT molecular complexity index is 1180. The van der Waals surface area contributed by atoms with Gasteiger partial charge in [-0.25, -0.2) is 12.8 Å². The molecule has 1 amide bonds. The van der Waals surface area contributed by atoms with Crippen LogP contribution in [-0.2, 0) is 27.4 Å². The molecule has 0 aromatic heterocycles. The van der Waals surface area contributed by atoms with Crippen molar-refractivity contribution in [2.75, 3.05) is 20.1 Å². The van der Waals surface area contributed by atoms with Crippen molar-refractivity contribution in [1.82, 2.24) is 14.5 Å². The Morgan fingerprint density at radius 2 is 1.67 bits per heavy atom. The van der Waals surface area contributed by atoms with Crippen molar-refractivity contribution in [1.29, 1.82) is 0 Å². The second-order valence-electron chi connectivity index (χ2n) is 9.32. The van der Waals surface area contributed by atoms with E-state index in [-0.39, 0.29) is 22.7 Å². The minimum Gasteiger partial charge on any atom is -0.341 e. The van der Waals surface area contributed by atoms with Crippen LogP contribution in [0.2, 0.25) is 0 Å².